The number of aromatic nitrogens is 5. The molecule has 0 unspecified atom stereocenters. The van der Waals surface area contributed by atoms with Crippen LogP contribution in [0.5, 0.6) is 0 Å². The van der Waals surface area contributed by atoms with Crippen molar-refractivity contribution in [3.8, 4) is 0 Å². The van der Waals surface area contributed by atoms with Crippen molar-refractivity contribution in [2.24, 2.45) is 11.1 Å². The molecular formula is C19H23N7OS. The van der Waals surface area contributed by atoms with Crippen LogP contribution in [0.15, 0.2) is 40.8 Å². The summed E-state index contributed by atoms with van der Waals surface area (Å²) in [5, 5.41) is 7.90. The molecule has 0 saturated carbocycles. The molecule has 3 aromatic rings. The monoisotopic (exact) mass is 397 g/mol. The summed E-state index contributed by atoms with van der Waals surface area (Å²) in [4.78, 5) is 16.9. The SMILES string of the molecule is C[C@@H]1OCC2(CCN(c3cnc(Sc4ccnc5cn[nH]c45)cn3)CC2)[C@@H]1N. The van der Waals surface area contributed by atoms with E-state index < -0.39 is 0 Å². The second-order valence-electron chi connectivity index (χ2n) is 7.65. The molecule has 0 bridgehead atoms. The topological polar surface area (TPSA) is 106 Å². The molecule has 9 heteroatoms. The first-order valence-corrected chi connectivity index (χ1v) is 10.4. The molecule has 2 aliphatic heterocycles. The summed E-state index contributed by atoms with van der Waals surface area (Å²) in [6.45, 7) is 4.72. The molecule has 0 radical (unpaired) electrons. The van der Waals surface area contributed by atoms with Gasteiger partial charge in [-0.25, -0.2) is 9.97 Å². The van der Waals surface area contributed by atoms with Gasteiger partial charge in [0.1, 0.15) is 16.4 Å². The van der Waals surface area contributed by atoms with Crippen molar-refractivity contribution in [2.75, 3.05) is 24.6 Å². The van der Waals surface area contributed by atoms with Crippen LogP contribution < -0.4 is 10.6 Å². The molecule has 3 N–H and O–H groups in total. The van der Waals surface area contributed by atoms with Gasteiger partial charge in [0.05, 0.1) is 36.8 Å². The Kier molecular flexibility index (Phi) is 4.45. The zero-order valence-corrected chi connectivity index (χ0v) is 16.5. The van der Waals surface area contributed by atoms with Crippen molar-refractivity contribution in [1.29, 1.82) is 0 Å². The third-order valence-electron chi connectivity index (χ3n) is 6.06. The molecule has 28 heavy (non-hydrogen) atoms. The minimum Gasteiger partial charge on any atom is -0.376 e. The van der Waals surface area contributed by atoms with Crippen LogP contribution in [0, 0.1) is 5.41 Å². The Bertz CT molecular complexity index is 968. The summed E-state index contributed by atoms with van der Waals surface area (Å²) < 4.78 is 5.81. The minimum absolute atomic E-state index is 0.121. The fourth-order valence-electron chi connectivity index (χ4n) is 4.20. The van der Waals surface area contributed by atoms with Gasteiger partial charge in [0.2, 0.25) is 0 Å². The lowest BCUT2D eigenvalue weighted by molar-refractivity contribution is 0.0974. The number of pyridine rings is 1. The molecule has 0 aromatic carbocycles. The smallest absolute Gasteiger partial charge is 0.147 e. The fourth-order valence-corrected chi connectivity index (χ4v) is 5.02. The van der Waals surface area contributed by atoms with E-state index in [1.807, 2.05) is 18.5 Å². The van der Waals surface area contributed by atoms with Crippen molar-refractivity contribution >= 4 is 28.6 Å². The maximum Gasteiger partial charge on any atom is 0.147 e. The van der Waals surface area contributed by atoms with Crippen molar-refractivity contribution in [1.82, 2.24) is 25.1 Å². The average molecular weight is 398 g/mol. The highest BCUT2D eigenvalue weighted by Gasteiger charge is 2.47. The zero-order valence-electron chi connectivity index (χ0n) is 15.7. The molecule has 5 heterocycles. The van der Waals surface area contributed by atoms with Gasteiger partial charge in [0.25, 0.3) is 0 Å². The van der Waals surface area contributed by atoms with Crippen molar-refractivity contribution in [3.05, 3.63) is 30.9 Å². The Balaban J connectivity index is 1.27. The molecule has 2 fully saturated rings. The van der Waals surface area contributed by atoms with Crippen LogP contribution in [-0.2, 0) is 4.74 Å². The van der Waals surface area contributed by atoms with E-state index in [0.717, 1.165) is 59.3 Å². The number of ether oxygens (including phenoxy) is 1. The Morgan fingerprint density at radius 3 is 2.79 bits per heavy atom. The highest BCUT2D eigenvalue weighted by molar-refractivity contribution is 7.99. The number of anilines is 1. The summed E-state index contributed by atoms with van der Waals surface area (Å²) in [6.07, 6.45) is 9.41. The van der Waals surface area contributed by atoms with Crippen LogP contribution in [0.1, 0.15) is 19.8 Å². The second kappa shape index (κ2) is 6.98. The average Bonchev–Trinajstić information content (AvgIpc) is 3.31. The van der Waals surface area contributed by atoms with Crippen molar-refractivity contribution in [2.45, 2.75) is 41.8 Å². The predicted molar refractivity (Wildman–Crippen MR) is 107 cm³/mol. The first-order chi connectivity index (χ1) is 13.6. The normalized spacial score (nSPS) is 24.3. The van der Waals surface area contributed by atoms with Gasteiger partial charge in [0, 0.05) is 35.6 Å². The van der Waals surface area contributed by atoms with Crippen molar-refractivity contribution in [3.63, 3.8) is 0 Å². The Morgan fingerprint density at radius 1 is 1.21 bits per heavy atom. The standard InChI is InChI=1S/C19H23N7OS/c1-12-18(20)19(11-27-12)3-6-26(7-4-19)15-9-23-16(10-22-15)28-14-2-5-21-13-8-24-25-17(13)14/h2,5,8-10,12,18H,3-4,6-7,11,20H2,1H3,(H,24,25)/t12-,18+/m0/s1. The third-order valence-corrected chi connectivity index (χ3v) is 7.04. The lowest BCUT2D eigenvalue weighted by atomic mass is 9.73. The van der Waals surface area contributed by atoms with Crippen LogP contribution in [0.25, 0.3) is 11.0 Å². The maximum atomic E-state index is 6.41. The molecule has 0 aliphatic carbocycles. The van der Waals surface area contributed by atoms with E-state index >= 15 is 0 Å². The molecule has 2 atom stereocenters. The number of hydrogen-bond acceptors (Lipinski definition) is 8. The van der Waals surface area contributed by atoms with Gasteiger partial charge in [-0.1, -0.05) is 11.8 Å². The van der Waals surface area contributed by atoms with Crippen LogP contribution in [0.3, 0.4) is 0 Å². The van der Waals surface area contributed by atoms with E-state index in [1.54, 1.807) is 24.2 Å². The summed E-state index contributed by atoms with van der Waals surface area (Å²) in [6, 6.07) is 2.08. The summed E-state index contributed by atoms with van der Waals surface area (Å²) in [7, 11) is 0. The van der Waals surface area contributed by atoms with Gasteiger partial charge in [0.15, 0.2) is 0 Å². The summed E-state index contributed by atoms with van der Waals surface area (Å²) in [5.41, 5.74) is 8.30. The van der Waals surface area contributed by atoms with Gasteiger partial charge < -0.3 is 15.4 Å². The number of nitrogens with two attached hydrogens (primary N) is 1. The number of aromatic amines is 1. The predicted octanol–water partition coefficient (Wildman–Crippen LogP) is 2.23. The second-order valence-corrected chi connectivity index (χ2v) is 8.71. The molecular weight excluding hydrogens is 374 g/mol. The van der Waals surface area contributed by atoms with E-state index in [1.165, 1.54) is 0 Å². The molecule has 5 rings (SSSR count). The molecule has 146 valence electrons. The van der Waals surface area contributed by atoms with Gasteiger partial charge in [-0.15, -0.1) is 0 Å². The highest BCUT2D eigenvalue weighted by Crippen LogP contribution is 2.41. The number of fused-ring (bicyclic) bond motifs is 1. The lowest BCUT2D eigenvalue weighted by Crippen LogP contribution is -2.50. The molecule has 0 amide bonds. The zero-order chi connectivity index (χ0) is 19.1. The lowest BCUT2D eigenvalue weighted by Gasteiger charge is -2.41. The molecule has 2 aliphatic rings. The Hall–Kier alpha value is -2.23. The number of nitrogens with zero attached hydrogens (tertiary/aromatic N) is 5. The van der Waals surface area contributed by atoms with Crippen LogP contribution in [-0.4, -0.2) is 57.0 Å². The third kappa shape index (κ3) is 3.03. The summed E-state index contributed by atoms with van der Waals surface area (Å²) >= 11 is 1.56. The maximum absolute atomic E-state index is 6.41. The number of nitrogens with one attached hydrogen (secondary N) is 1. The minimum atomic E-state index is 0.121. The molecule has 8 nitrogen and oxygen atoms in total. The van der Waals surface area contributed by atoms with E-state index in [2.05, 4.69) is 37.0 Å². The van der Waals surface area contributed by atoms with Crippen LogP contribution in [0.2, 0.25) is 0 Å². The molecule has 3 aromatic heterocycles. The number of H-pyrrole nitrogens is 1. The highest BCUT2D eigenvalue weighted by atomic mass is 32.2. The number of piperidine rings is 1. The van der Waals surface area contributed by atoms with Gasteiger partial charge >= 0.3 is 0 Å². The van der Waals surface area contributed by atoms with E-state index in [4.69, 9.17) is 10.5 Å². The van der Waals surface area contributed by atoms with Gasteiger partial charge in [-0.3, -0.25) is 10.1 Å². The Labute approximate surface area is 167 Å². The summed E-state index contributed by atoms with van der Waals surface area (Å²) in [5.74, 6) is 0.918. The number of hydrogen-bond donors (Lipinski definition) is 2. The number of rotatable bonds is 3. The fraction of sp³-hybridized carbons (Fsp3) is 0.474. The van der Waals surface area contributed by atoms with E-state index in [9.17, 15) is 0 Å². The van der Waals surface area contributed by atoms with Gasteiger partial charge in [-0.05, 0) is 25.8 Å². The van der Waals surface area contributed by atoms with Crippen LogP contribution in [0.4, 0.5) is 5.82 Å². The van der Waals surface area contributed by atoms with E-state index in [0.29, 0.717) is 0 Å². The first-order valence-electron chi connectivity index (χ1n) is 9.55. The molecule has 1 spiro atoms. The van der Waals surface area contributed by atoms with Crippen molar-refractivity contribution < 1.29 is 4.74 Å². The molecule has 2 saturated heterocycles. The quantitative estimate of drug-likeness (QED) is 0.693. The Morgan fingerprint density at radius 2 is 2.07 bits per heavy atom. The van der Waals surface area contributed by atoms with Crippen LogP contribution >= 0.6 is 11.8 Å². The first kappa shape index (κ1) is 17.8. The van der Waals surface area contributed by atoms with E-state index in [-0.39, 0.29) is 17.6 Å². The van der Waals surface area contributed by atoms with Gasteiger partial charge in [-0.2, -0.15) is 5.10 Å². The largest absolute Gasteiger partial charge is 0.376 e.